The number of hydrogen-bond donors (Lipinski definition) is 1. The fourth-order valence-corrected chi connectivity index (χ4v) is 2.79. The van der Waals surface area contributed by atoms with E-state index in [1.807, 2.05) is 0 Å². The number of hydrogen-bond acceptors (Lipinski definition) is 2. The van der Waals surface area contributed by atoms with Gasteiger partial charge in [-0.15, -0.1) is 0 Å². The molecule has 2 N–H and O–H groups in total. The summed E-state index contributed by atoms with van der Waals surface area (Å²) >= 11 is 0. The fourth-order valence-electron chi connectivity index (χ4n) is 2.79. The standard InChI is InChI=1S/C13H17NO/c14-13(6-7-15-9-13)12-8-11(12)10-4-2-1-3-5-10/h1-5,11-12H,6-9,14H2. The van der Waals surface area contributed by atoms with Crippen LogP contribution in [0.2, 0.25) is 0 Å². The van der Waals surface area contributed by atoms with Gasteiger partial charge in [0.2, 0.25) is 0 Å². The van der Waals surface area contributed by atoms with Crippen LogP contribution in [0.4, 0.5) is 0 Å². The molecule has 3 atom stereocenters. The van der Waals surface area contributed by atoms with Gasteiger partial charge in [0.15, 0.2) is 0 Å². The zero-order chi connectivity index (χ0) is 10.3. The summed E-state index contributed by atoms with van der Waals surface area (Å²) in [6.07, 6.45) is 2.27. The highest BCUT2D eigenvalue weighted by Gasteiger charge is 2.52. The Morgan fingerprint density at radius 2 is 2.07 bits per heavy atom. The van der Waals surface area contributed by atoms with Gasteiger partial charge in [0.1, 0.15) is 0 Å². The van der Waals surface area contributed by atoms with Crippen LogP contribution in [-0.4, -0.2) is 18.8 Å². The second-order valence-electron chi connectivity index (χ2n) is 4.90. The largest absolute Gasteiger partial charge is 0.379 e. The molecule has 3 unspecified atom stereocenters. The highest BCUT2D eigenvalue weighted by Crippen LogP contribution is 2.54. The average molecular weight is 203 g/mol. The Balaban J connectivity index is 1.74. The molecule has 15 heavy (non-hydrogen) atoms. The van der Waals surface area contributed by atoms with E-state index in [0.717, 1.165) is 19.6 Å². The first-order valence-electron chi connectivity index (χ1n) is 5.71. The van der Waals surface area contributed by atoms with E-state index in [2.05, 4.69) is 30.3 Å². The van der Waals surface area contributed by atoms with Crippen molar-refractivity contribution >= 4 is 0 Å². The van der Waals surface area contributed by atoms with Crippen molar-refractivity contribution in [3.63, 3.8) is 0 Å². The van der Waals surface area contributed by atoms with Crippen molar-refractivity contribution in [2.75, 3.05) is 13.2 Å². The Bertz CT molecular complexity index is 343. The Kier molecular flexibility index (Phi) is 2.08. The van der Waals surface area contributed by atoms with E-state index < -0.39 is 0 Å². The summed E-state index contributed by atoms with van der Waals surface area (Å²) in [5, 5.41) is 0. The van der Waals surface area contributed by atoms with Gasteiger partial charge in [0, 0.05) is 12.1 Å². The summed E-state index contributed by atoms with van der Waals surface area (Å²) in [6, 6.07) is 10.7. The molecule has 1 aliphatic heterocycles. The molecule has 1 aromatic carbocycles. The van der Waals surface area contributed by atoms with Crippen LogP contribution in [0.3, 0.4) is 0 Å². The first-order chi connectivity index (χ1) is 7.30. The van der Waals surface area contributed by atoms with Gasteiger partial charge < -0.3 is 10.5 Å². The van der Waals surface area contributed by atoms with Crippen molar-refractivity contribution in [3.8, 4) is 0 Å². The minimum absolute atomic E-state index is 0.0412. The van der Waals surface area contributed by atoms with Crippen LogP contribution in [0.25, 0.3) is 0 Å². The van der Waals surface area contributed by atoms with Gasteiger partial charge in [0.05, 0.1) is 6.61 Å². The lowest BCUT2D eigenvalue weighted by atomic mass is 9.91. The summed E-state index contributed by atoms with van der Waals surface area (Å²) in [7, 11) is 0. The van der Waals surface area contributed by atoms with E-state index in [0.29, 0.717) is 11.8 Å². The summed E-state index contributed by atoms with van der Waals surface area (Å²) < 4.78 is 5.42. The lowest BCUT2D eigenvalue weighted by Gasteiger charge is -2.21. The summed E-state index contributed by atoms with van der Waals surface area (Å²) in [5.41, 5.74) is 7.77. The third-order valence-electron chi connectivity index (χ3n) is 3.84. The summed E-state index contributed by atoms with van der Waals surface area (Å²) in [4.78, 5) is 0. The van der Waals surface area contributed by atoms with E-state index in [1.165, 1.54) is 12.0 Å². The second kappa shape index (κ2) is 3.32. The third kappa shape index (κ3) is 1.58. The van der Waals surface area contributed by atoms with Gasteiger partial charge >= 0.3 is 0 Å². The van der Waals surface area contributed by atoms with Gasteiger partial charge in [-0.25, -0.2) is 0 Å². The molecule has 2 nitrogen and oxygen atoms in total. The minimum Gasteiger partial charge on any atom is -0.379 e. The van der Waals surface area contributed by atoms with Crippen molar-refractivity contribution in [3.05, 3.63) is 35.9 Å². The zero-order valence-corrected chi connectivity index (χ0v) is 8.86. The topological polar surface area (TPSA) is 35.2 Å². The lowest BCUT2D eigenvalue weighted by Crippen LogP contribution is -2.43. The number of benzene rings is 1. The van der Waals surface area contributed by atoms with E-state index in [1.54, 1.807) is 0 Å². The fraction of sp³-hybridized carbons (Fsp3) is 0.538. The maximum absolute atomic E-state index is 6.37. The summed E-state index contributed by atoms with van der Waals surface area (Å²) in [6.45, 7) is 1.59. The van der Waals surface area contributed by atoms with E-state index in [-0.39, 0.29) is 5.54 Å². The van der Waals surface area contributed by atoms with Crippen LogP contribution in [0, 0.1) is 5.92 Å². The van der Waals surface area contributed by atoms with Crippen LogP contribution < -0.4 is 5.73 Å². The first kappa shape index (κ1) is 9.37. The van der Waals surface area contributed by atoms with Gasteiger partial charge in [-0.2, -0.15) is 0 Å². The molecule has 1 aromatic rings. The molecule has 1 saturated heterocycles. The quantitative estimate of drug-likeness (QED) is 0.797. The minimum atomic E-state index is -0.0412. The van der Waals surface area contributed by atoms with Crippen LogP contribution >= 0.6 is 0 Å². The Morgan fingerprint density at radius 1 is 1.27 bits per heavy atom. The molecule has 0 aromatic heterocycles. The van der Waals surface area contributed by atoms with Crippen LogP contribution in [0.5, 0.6) is 0 Å². The number of nitrogens with two attached hydrogens (primary N) is 1. The van der Waals surface area contributed by atoms with Gasteiger partial charge in [0.25, 0.3) is 0 Å². The molecule has 0 bridgehead atoms. The zero-order valence-electron chi connectivity index (χ0n) is 8.86. The summed E-state index contributed by atoms with van der Waals surface area (Å²) in [5.74, 6) is 1.32. The van der Waals surface area contributed by atoms with Gasteiger partial charge in [-0.3, -0.25) is 0 Å². The Hall–Kier alpha value is -0.860. The van der Waals surface area contributed by atoms with Gasteiger partial charge in [-0.05, 0) is 30.2 Å². The maximum atomic E-state index is 6.37. The van der Waals surface area contributed by atoms with Gasteiger partial charge in [-0.1, -0.05) is 30.3 Å². The average Bonchev–Trinajstić information content (AvgIpc) is 2.98. The van der Waals surface area contributed by atoms with Crippen LogP contribution in [-0.2, 0) is 4.74 Å². The van der Waals surface area contributed by atoms with E-state index >= 15 is 0 Å². The van der Waals surface area contributed by atoms with Crippen molar-refractivity contribution in [2.45, 2.75) is 24.3 Å². The van der Waals surface area contributed by atoms with Crippen molar-refractivity contribution in [1.82, 2.24) is 0 Å². The van der Waals surface area contributed by atoms with Crippen LogP contribution in [0.15, 0.2) is 30.3 Å². The molecule has 0 spiro atoms. The highest BCUT2D eigenvalue weighted by atomic mass is 16.5. The molecule has 1 heterocycles. The highest BCUT2D eigenvalue weighted by molar-refractivity contribution is 5.28. The Labute approximate surface area is 90.4 Å². The van der Waals surface area contributed by atoms with Crippen molar-refractivity contribution in [1.29, 1.82) is 0 Å². The normalized spacial score (nSPS) is 39.3. The predicted molar refractivity (Wildman–Crippen MR) is 59.6 cm³/mol. The molecule has 3 rings (SSSR count). The second-order valence-corrected chi connectivity index (χ2v) is 4.90. The number of ether oxygens (including phenoxy) is 1. The molecule has 2 aliphatic rings. The molecular weight excluding hydrogens is 186 g/mol. The van der Waals surface area contributed by atoms with Crippen molar-refractivity contribution in [2.24, 2.45) is 11.7 Å². The first-order valence-corrected chi connectivity index (χ1v) is 5.71. The SMILES string of the molecule is NC1(C2CC2c2ccccc2)CCOC1. The van der Waals surface area contributed by atoms with E-state index in [4.69, 9.17) is 10.5 Å². The molecule has 2 heteroatoms. The molecule has 2 fully saturated rings. The monoisotopic (exact) mass is 203 g/mol. The molecule has 1 saturated carbocycles. The maximum Gasteiger partial charge on any atom is 0.0650 e. The lowest BCUT2D eigenvalue weighted by molar-refractivity contribution is 0.172. The predicted octanol–water partition coefficient (Wildman–Crippen LogP) is 1.91. The van der Waals surface area contributed by atoms with Crippen LogP contribution in [0.1, 0.15) is 24.3 Å². The molecule has 1 aliphatic carbocycles. The third-order valence-corrected chi connectivity index (χ3v) is 3.84. The molecule has 0 radical (unpaired) electrons. The molecule has 80 valence electrons. The smallest absolute Gasteiger partial charge is 0.0650 e. The molecular formula is C13H17NO. The molecule has 0 amide bonds. The number of rotatable bonds is 2. The Morgan fingerprint density at radius 3 is 2.73 bits per heavy atom. The van der Waals surface area contributed by atoms with Crippen molar-refractivity contribution < 1.29 is 4.74 Å². The van der Waals surface area contributed by atoms with E-state index in [9.17, 15) is 0 Å².